The van der Waals surface area contributed by atoms with Crippen molar-refractivity contribution in [1.29, 1.82) is 0 Å². The molecule has 0 amide bonds. The SMILES string of the molecule is Oc1ccc(C(c2ccc(O)cc2)(C(F)(F)F)C(F)(F)F)cc1.Oc1ccccc1Cc1ccccc1O. The van der Waals surface area contributed by atoms with Crippen molar-refractivity contribution in [1.82, 2.24) is 0 Å². The molecular weight excluding hydrogens is 514 g/mol. The molecular formula is C28H22F6O4. The Morgan fingerprint density at radius 3 is 1.05 bits per heavy atom. The van der Waals surface area contributed by atoms with Gasteiger partial charge in [-0.3, -0.25) is 0 Å². The summed E-state index contributed by atoms with van der Waals surface area (Å²) >= 11 is 0. The standard InChI is InChI=1S/C15H10F6O2.C13H12O2/c16-14(17,18)13(15(19,20)21,9-1-5-11(22)6-2-9)10-3-7-12(23)8-4-10;14-12-7-3-1-5-10(12)9-11-6-2-4-8-13(11)15/h1-8,22-23H;1-8,14-15H,9H2. The lowest BCUT2D eigenvalue weighted by Gasteiger charge is -2.38. The number of alkyl halides is 6. The summed E-state index contributed by atoms with van der Waals surface area (Å²) in [5.41, 5.74) is -4.80. The summed E-state index contributed by atoms with van der Waals surface area (Å²) in [6.07, 6.45) is -10.8. The number of phenols is 4. The highest BCUT2D eigenvalue weighted by atomic mass is 19.4. The lowest BCUT2D eigenvalue weighted by molar-refractivity contribution is -0.288. The van der Waals surface area contributed by atoms with Crippen molar-refractivity contribution in [2.45, 2.75) is 24.2 Å². The summed E-state index contributed by atoms with van der Waals surface area (Å²) in [6, 6.07) is 19.6. The lowest BCUT2D eigenvalue weighted by Crippen LogP contribution is -2.54. The van der Waals surface area contributed by atoms with E-state index in [1.165, 1.54) is 0 Å². The van der Waals surface area contributed by atoms with E-state index in [9.17, 15) is 36.6 Å². The van der Waals surface area contributed by atoms with Crippen molar-refractivity contribution in [3.05, 3.63) is 119 Å². The van der Waals surface area contributed by atoms with Crippen LogP contribution in [0.25, 0.3) is 0 Å². The van der Waals surface area contributed by atoms with Gasteiger partial charge in [0.2, 0.25) is 5.41 Å². The second kappa shape index (κ2) is 11.0. The number of hydrogen-bond acceptors (Lipinski definition) is 4. The van der Waals surface area contributed by atoms with Gasteiger partial charge >= 0.3 is 12.4 Å². The number of phenolic OH excluding ortho intramolecular Hbond substituents is 4. The van der Waals surface area contributed by atoms with Crippen LogP contribution in [-0.2, 0) is 11.8 Å². The monoisotopic (exact) mass is 536 g/mol. The molecule has 38 heavy (non-hydrogen) atoms. The minimum atomic E-state index is -5.70. The normalized spacial score (nSPS) is 11.9. The van der Waals surface area contributed by atoms with Crippen LogP contribution in [0, 0.1) is 0 Å². The van der Waals surface area contributed by atoms with E-state index in [4.69, 9.17) is 10.2 Å². The number of halogens is 6. The Balaban J connectivity index is 0.000000230. The van der Waals surface area contributed by atoms with E-state index >= 15 is 0 Å². The smallest absolute Gasteiger partial charge is 0.411 e. The molecule has 10 heteroatoms. The van der Waals surface area contributed by atoms with Gasteiger partial charge in [0.15, 0.2) is 0 Å². The van der Waals surface area contributed by atoms with Crippen molar-refractivity contribution in [2.24, 2.45) is 0 Å². The third-order valence-corrected chi connectivity index (χ3v) is 5.82. The summed E-state index contributed by atoms with van der Waals surface area (Å²) in [4.78, 5) is 0. The van der Waals surface area contributed by atoms with Crippen molar-refractivity contribution in [3.8, 4) is 23.0 Å². The minimum absolute atomic E-state index is 0.265. The molecule has 0 fully saturated rings. The molecule has 0 spiro atoms. The van der Waals surface area contributed by atoms with Gasteiger partial charge < -0.3 is 20.4 Å². The molecule has 0 bridgehead atoms. The van der Waals surface area contributed by atoms with Gasteiger partial charge in [-0.25, -0.2) is 0 Å². The maximum Gasteiger partial charge on any atom is 0.411 e. The second-order valence-corrected chi connectivity index (χ2v) is 8.27. The molecule has 0 aliphatic rings. The number of hydrogen-bond donors (Lipinski definition) is 4. The largest absolute Gasteiger partial charge is 0.508 e. The third kappa shape index (κ3) is 5.80. The fourth-order valence-electron chi connectivity index (χ4n) is 3.93. The lowest BCUT2D eigenvalue weighted by atomic mass is 9.73. The summed E-state index contributed by atoms with van der Waals surface area (Å²) in [7, 11) is 0. The number of aromatic hydroxyl groups is 4. The van der Waals surface area contributed by atoms with Gasteiger partial charge in [-0.2, -0.15) is 26.3 Å². The number of benzene rings is 4. The van der Waals surface area contributed by atoms with E-state index in [-0.39, 0.29) is 11.5 Å². The summed E-state index contributed by atoms with van der Waals surface area (Å²) in [5, 5.41) is 37.4. The first kappa shape index (κ1) is 28.2. The Kier molecular flexibility index (Phi) is 8.14. The molecule has 0 saturated carbocycles. The molecule has 0 atom stereocenters. The van der Waals surface area contributed by atoms with Crippen LogP contribution >= 0.6 is 0 Å². The van der Waals surface area contributed by atoms with Gasteiger partial charge in [-0.15, -0.1) is 0 Å². The quantitative estimate of drug-likeness (QED) is 0.208. The molecule has 4 nitrogen and oxygen atoms in total. The molecule has 4 aromatic carbocycles. The molecule has 4 N–H and O–H groups in total. The van der Waals surface area contributed by atoms with Crippen LogP contribution in [0.4, 0.5) is 26.3 Å². The zero-order valence-electron chi connectivity index (χ0n) is 19.5. The number of rotatable bonds is 4. The zero-order chi connectivity index (χ0) is 28.1. The maximum atomic E-state index is 13.6. The molecule has 0 aromatic heterocycles. The summed E-state index contributed by atoms with van der Waals surface area (Å²) < 4.78 is 81.6. The summed E-state index contributed by atoms with van der Waals surface area (Å²) in [5.74, 6) is -0.392. The molecule has 4 rings (SSSR count). The fraction of sp³-hybridized carbons (Fsp3) is 0.143. The highest BCUT2D eigenvalue weighted by molar-refractivity contribution is 5.47. The molecule has 4 aromatic rings. The minimum Gasteiger partial charge on any atom is -0.508 e. The van der Waals surface area contributed by atoms with Crippen molar-refractivity contribution < 1.29 is 46.8 Å². The highest BCUT2D eigenvalue weighted by Crippen LogP contribution is 2.56. The molecule has 0 heterocycles. The van der Waals surface area contributed by atoms with Gasteiger partial charge in [-0.1, -0.05) is 60.7 Å². The van der Waals surface area contributed by atoms with E-state index in [0.29, 0.717) is 30.7 Å². The summed E-state index contributed by atoms with van der Waals surface area (Å²) in [6.45, 7) is 0. The highest BCUT2D eigenvalue weighted by Gasteiger charge is 2.72. The van der Waals surface area contributed by atoms with Crippen LogP contribution < -0.4 is 0 Å². The average molecular weight is 536 g/mol. The van der Waals surface area contributed by atoms with Gasteiger partial charge in [0.1, 0.15) is 23.0 Å². The zero-order valence-corrected chi connectivity index (χ0v) is 19.5. The van der Waals surface area contributed by atoms with E-state index in [1.807, 2.05) is 24.3 Å². The first-order chi connectivity index (χ1) is 17.8. The maximum absolute atomic E-state index is 13.6. The van der Waals surface area contributed by atoms with Crippen molar-refractivity contribution in [3.63, 3.8) is 0 Å². The van der Waals surface area contributed by atoms with Gasteiger partial charge in [0.05, 0.1) is 0 Å². The fourth-order valence-corrected chi connectivity index (χ4v) is 3.93. The molecule has 0 unspecified atom stereocenters. The van der Waals surface area contributed by atoms with Crippen LogP contribution in [0.2, 0.25) is 0 Å². The molecule has 0 aliphatic heterocycles. The average Bonchev–Trinajstić information content (AvgIpc) is 2.83. The first-order valence-corrected chi connectivity index (χ1v) is 11.0. The molecule has 0 radical (unpaired) electrons. The molecule has 0 aliphatic carbocycles. The van der Waals surface area contributed by atoms with Crippen LogP contribution in [0.3, 0.4) is 0 Å². The second-order valence-electron chi connectivity index (χ2n) is 8.27. The van der Waals surface area contributed by atoms with Crippen molar-refractivity contribution >= 4 is 0 Å². The van der Waals surface area contributed by atoms with Crippen LogP contribution in [0.1, 0.15) is 22.3 Å². The third-order valence-electron chi connectivity index (χ3n) is 5.82. The van der Waals surface area contributed by atoms with Crippen LogP contribution in [0.5, 0.6) is 23.0 Å². The Hall–Kier alpha value is -4.34. The Labute approximate surface area is 213 Å². The van der Waals surface area contributed by atoms with E-state index in [0.717, 1.165) is 35.4 Å². The van der Waals surface area contributed by atoms with Gasteiger partial charge in [0, 0.05) is 6.42 Å². The van der Waals surface area contributed by atoms with Gasteiger partial charge in [0.25, 0.3) is 0 Å². The predicted molar refractivity (Wildman–Crippen MR) is 128 cm³/mol. The van der Waals surface area contributed by atoms with E-state index in [2.05, 4.69) is 0 Å². The Bertz CT molecular complexity index is 1240. The first-order valence-electron chi connectivity index (χ1n) is 11.0. The van der Waals surface area contributed by atoms with E-state index in [1.54, 1.807) is 24.3 Å². The molecule has 0 saturated heterocycles. The van der Waals surface area contributed by atoms with Gasteiger partial charge in [-0.05, 0) is 58.7 Å². The van der Waals surface area contributed by atoms with Crippen molar-refractivity contribution in [2.75, 3.05) is 0 Å². The predicted octanol–water partition coefficient (Wildman–Crippen LogP) is 7.20. The van der Waals surface area contributed by atoms with E-state index < -0.39 is 40.4 Å². The van der Waals surface area contributed by atoms with Crippen LogP contribution in [-0.4, -0.2) is 32.8 Å². The topological polar surface area (TPSA) is 80.9 Å². The molecule has 200 valence electrons. The number of para-hydroxylation sites is 2. The Morgan fingerprint density at radius 1 is 0.447 bits per heavy atom. The van der Waals surface area contributed by atoms with Crippen LogP contribution in [0.15, 0.2) is 97.1 Å². The Morgan fingerprint density at radius 2 is 0.763 bits per heavy atom.